The zero-order chi connectivity index (χ0) is 23.0. The van der Waals surface area contributed by atoms with E-state index in [9.17, 15) is 0 Å². The molecule has 0 unspecified atom stereocenters. The number of aryl methyl sites for hydroxylation is 2. The second-order valence-corrected chi connectivity index (χ2v) is 8.40. The Morgan fingerprint density at radius 1 is 0.909 bits per heavy atom. The van der Waals surface area contributed by atoms with Crippen molar-refractivity contribution in [3.05, 3.63) is 83.1 Å². The van der Waals surface area contributed by atoms with Crippen molar-refractivity contribution >= 4 is 11.6 Å². The monoisotopic (exact) mass is 446 g/mol. The van der Waals surface area contributed by atoms with Crippen LogP contribution in [0, 0.1) is 13.8 Å². The van der Waals surface area contributed by atoms with Gasteiger partial charge in [0.25, 0.3) is 0 Å². The number of aromatic nitrogens is 1. The average Bonchev–Trinajstić information content (AvgIpc) is 3.18. The lowest BCUT2D eigenvalue weighted by atomic mass is 10.1. The molecule has 0 radical (unpaired) electrons. The molecular weight excluding hydrogens is 412 g/mol. The van der Waals surface area contributed by atoms with E-state index in [1.54, 1.807) is 7.05 Å². The Balaban J connectivity index is 1.29. The molecule has 0 aliphatic carbocycles. The van der Waals surface area contributed by atoms with Gasteiger partial charge >= 0.3 is 0 Å². The number of aliphatic imine (C=N–C) groups is 1. The number of hydrogen-bond acceptors (Lipinski definition) is 5. The Morgan fingerprint density at radius 3 is 2.24 bits per heavy atom. The van der Waals surface area contributed by atoms with Crippen LogP contribution in [-0.2, 0) is 19.6 Å². The Bertz CT molecular complexity index is 1030. The first-order valence-electron chi connectivity index (χ1n) is 11.6. The minimum atomic E-state index is 0.502. The molecule has 0 saturated carbocycles. The summed E-state index contributed by atoms with van der Waals surface area (Å²) in [5.74, 6) is 2.26. The zero-order valence-corrected chi connectivity index (χ0v) is 19.8. The summed E-state index contributed by atoms with van der Waals surface area (Å²) in [4.78, 5) is 13.8. The van der Waals surface area contributed by atoms with Crippen LogP contribution in [-0.4, -0.2) is 49.1 Å². The highest BCUT2D eigenvalue weighted by atomic mass is 16.4. The third-order valence-electron chi connectivity index (χ3n) is 6.16. The summed E-state index contributed by atoms with van der Waals surface area (Å²) in [5, 5.41) is 6.71. The predicted octanol–water partition coefficient (Wildman–Crippen LogP) is 3.48. The summed E-state index contributed by atoms with van der Waals surface area (Å²) < 4.78 is 5.65. The number of anilines is 1. The van der Waals surface area contributed by atoms with E-state index in [-0.39, 0.29) is 0 Å². The van der Waals surface area contributed by atoms with Crippen molar-refractivity contribution in [2.45, 2.75) is 33.5 Å². The predicted molar refractivity (Wildman–Crippen MR) is 133 cm³/mol. The number of nitrogens with zero attached hydrogens (tertiary/aromatic N) is 4. The van der Waals surface area contributed by atoms with E-state index in [1.807, 2.05) is 13.8 Å². The van der Waals surface area contributed by atoms with Crippen LogP contribution in [0.4, 0.5) is 5.69 Å². The van der Waals surface area contributed by atoms with E-state index in [4.69, 9.17) is 4.42 Å². The molecule has 1 fully saturated rings. The molecule has 2 aromatic carbocycles. The summed E-state index contributed by atoms with van der Waals surface area (Å²) in [7, 11) is 1.78. The van der Waals surface area contributed by atoms with Gasteiger partial charge in [-0.05, 0) is 37.1 Å². The van der Waals surface area contributed by atoms with Crippen LogP contribution in [0.1, 0.15) is 28.5 Å². The minimum Gasteiger partial charge on any atom is -0.444 e. The molecule has 0 amide bonds. The molecule has 0 spiro atoms. The summed E-state index contributed by atoms with van der Waals surface area (Å²) >= 11 is 0. The van der Waals surface area contributed by atoms with Gasteiger partial charge in [-0.15, -0.1) is 0 Å². The van der Waals surface area contributed by atoms with Crippen LogP contribution >= 0.6 is 0 Å². The highest BCUT2D eigenvalue weighted by Crippen LogP contribution is 2.18. The Hall–Kier alpha value is -3.32. The van der Waals surface area contributed by atoms with Gasteiger partial charge in [0.2, 0.25) is 5.89 Å². The van der Waals surface area contributed by atoms with Gasteiger partial charge in [0, 0.05) is 52.0 Å². The van der Waals surface area contributed by atoms with Gasteiger partial charge in [-0.1, -0.05) is 42.5 Å². The van der Waals surface area contributed by atoms with Gasteiger partial charge in [0.1, 0.15) is 5.76 Å². The van der Waals surface area contributed by atoms with Gasteiger partial charge in [-0.25, -0.2) is 4.98 Å². The van der Waals surface area contributed by atoms with Crippen LogP contribution in [0.25, 0.3) is 0 Å². The quantitative estimate of drug-likeness (QED) is 0.428. The smallest absolute Gasteiger partial charge is 0.214 e. The highest BCUT2D eigenvalue weighted by molar-refractivity contribution is 5.79. The molecule has 4 rings (SSSR count). The molecule has 2 heterocycles. The molecule has 0 atom stereocenters. The van der Waals surface area contributed by atoms with Crippen molar-refractivity contribution in [1.82, 2.24) is 20.5 Å². The number of guanidine groups is 1. The van der Waals surface area contributed by atoms with E-state index < -0.39 is 0 Å². The zero-order valence-electron chi connectivity index (χ0n) is 19.8. The van der Waals surface area contributed by atoms with Crippen LogP contribution in [0.3, 0.4) is 0 Å². The van der Waals surface area contributed by atoms with Gasteiger partial charge in [0.05, 0.1) is 12.2 Å². The molecule has 1 aliphatic rings. The molecule has 1 aromatic heterocycles. The van der Waals surface area contributed by atoms with Crippen molar-refractivity contribution in [3.63, 3.8) is 0 Å². The van der Waals surface area contributed by atoms with Crippen molar-refractivity contribution in [1.29, 1.82) is 0 Å². The summed E-state index contributed by atoms with van der Waals surface area (Å²) in [5.41, 5.74) is 4.88. The van der Waals surface area contributed by atoms with E-state index >= 15 is 0 Å². The minimum absolute atomic E-state index is 0.502. The second kappa shape index (κ2) is 11.0. The second-order valence-electron chi connectivity index (χ2n) is 8.40. The molecule has 1 aliphatic heterocycles. The normalized spacial score (nSPS) is 15.0. The molecule has 7 heteroatoms. The number of nitrogens with one attached hydrogen (secondary N) is 2. The number of piperazine rings is 1. The average molecular weight is 447 g/mol. The van der Waals surface area contributed by atoms with Gasteiger partial charge in [-0.3, -0.25) is 9.89 Å². The molecular formula is C26H34N6O. The summed E-state index contributed by atoms with van der Waals surface area (Å²) in [6, 6.07) is 19.3. The first-order valence-corrected chi connectivity index (χ1v) is 11.6. The number of rotatable bonds is 7. The lowest BCUT2D eigenvalue weighted by Gasteiger charge is -2.36. The number of hydrogen-bond donors (Lipinski definition) is 2. The molecule has 3 aromatic rings. The summed E-state index contributed by atoms with van der Waals surface area (Å²) in [6.45, 7) is 10.3. The SMILES string of the molecule is CN=C(NCc1nc(C)c(C)o1)NCc1ccccc1CN1CCN(c2ccccc2)CC1. The highest BCUT2D eigenvalue weighted by Gasteiger charge is 2.18. The fourth-order valence-electron chi connectivity index (χ4n) is 4.10. The molecule has 33 heavy (non-hydrogen) atoms. The van der Waals surface area contributed by atoms with E-state index in [2.05, 4.69) is 85.0 Å². The van der Waals surface area contributed by atoms with Crippen molar-refractivity contribution in [2.75, 3.05) is 38.1 Å². The lowest BCUT2D eigenvalue weighted by Crippen LogP contribution is -2.46. The third-order valence-corrected chi connectivity index (χ3v) is 6.16. The standard InChI is InChI=1S/C26H34N6O/c1-20-21(2)33-25(30-20)18-29-26(27-3)28-17-22-9-7-8-10-23(22)19-31-13-15-32(16-14-31)24-11-5-4-6-12-24/h4-12H,13-19H2,1-3H3,(H2,27,28,29). The van der Waals surface area contributed by atoms with Crippen LogP contribution in [0.2, 0.25) is 0 Å². The fourth-order valence-corrected chi connectivity index (χ4v) is 4.10. The van der Waals surface area contributed by atoms with Crippen LogP contribution < -0.4 is 15.5 Å². The van der Waals surface area contributed by atoms with Crippen molar-refractivity contribution in [3.8, 4) is 0 Å². The number of oxazole rings is 1. The maximum atomic E-state index is 5.65. The largest absolute Gasteiger partial charge is 0.444 e. The fraction of sp³-hybridized carbons (Fsp3) is 0.385. The first-order chi connectivity index (χ1) is 16.1. The maximum Gasteiger partial charge on any atom is 0.214 e. The first kappa shape index (κ1) is 22.9. The van der Waals surface area contributed by atoms with Gasteiger partial charge in [-0.2, -0.15) is 0 Å². The number of para-hydroxylation sites is 1. The molecule has 2 N–H and O–H groups in total. The van der Waals surface area contributed by atoms with Crippen LogP contribution in [0.5, 0.6) is 0 Å². The van der Waals surface area contributed by atoms with E-state index in [1.165, 1.54) is 16.8 Å². The van der Waals surface area contributed by atoms with E-state index in [0.717, 1.165) is 50.1 Å². The van der Waals surface area contributed by atoms with Crippen molar-refractivity contribution < 1.29 is 4.42 Å². The number of benzene rings is 2. The Labute approximate surface area is 196 Å². The van der Waals surface area contributed by atoms with Crippen LogP contribution in [0.15, 0.2) is 64.0 Å². The lowest BCUT2D eigenvalue weighted by molar-refractivity contribution is 0.249. The maximum absolute atomic E-state index is 5.65. The summed E-state index contributed by atoms with van der Waals surface area (Å²) in [6.07, 6.45) is 0. The molecule has 174 valence electrons. The molecule has 7 nitrogen and oxygen atoms in total. The molecule has 1 saturated heterocycles. The van der Waals surface area contributed by atoms with Gasteiger partial charge < -0.3 is 20.0 Å². The topological polar surface area (TPSA) is 68.9 Å². The Kier molecular flexibility index (Phi) is 7.62. The van der Waals surface area contributed by atoms with Gasteiger partial charge in [0.15, 0.2) is 5.96 Å². The Morgan fingerprint density at radius 2 is 1.58 bits per heavy atom. The molecule has 0 bridgehead atoms. The van der Waals surface area contributed by atoms with Crippen molar-refractivity contribution in [2.24, 2.45) is 4.99 Å². The van der Waals surface area contributed by atoms with E-state index in [0.29, 0.717) is 19.0 Å². The third kappa shape index (κ3) is 6.14.